The average Bonchev–Trinajstić information content (AvgIpc) is 2.47. The highest BCUT2D eigenvalue weighted by atomic mass is 19.4. The van der Waals surface area contributed by atoms with Gasteiger partial charge in [-0.1, -0.05) is 6.07 Å². The van der Waals surface area contributed by atoms with Gasteiger partial charge in [0.15, 0.2) is 0 Å². The van der Waals surface area contributed by atoms with Crippen LogP contribution in [0.2, 0.25) is 0 Å². The van der Waals surface area contributed by atoms with Crippen molar-refractivity contribution < 1.29 is 23.1 Å². The van der Waals surface area contributed by atoms with Crippen molar-refractivity contribution in [3.63, 3.8) is 0 Å². The average molecular weight is 327 g/mol. The molecule has 0 bridgehead atoms. The lowest BCUT2D eigenvalue weighted by Gasteiger charge is -2.18. The van der Waals surface area contributed by atoms with Crippen LogP contribution in [0.25, 0.3) is 0 Å². The third-order valence-corrected chi connectivity index (χ3v) is 3.17. The number of anilines is 1. The molecule has 1 aliphatic heterocycles. The first-order chi connectivity index (χ1) is 10.8. The van der Waals surface area contributed by atoms with Crippen molar-refractivity contribution in [1.82, 2.24) is 5.32 Å². The van der Waals surface area contributed by atoms with E-state index in [1.54, 1.807) is 0 Å². The first-order valence-corrected chi connectivity index (χ1v) is 6.96. The van der Waals surface area contributed by atoms with Gasteiger partial charge >= 0.3 is 6.18 Å². The second-order valence-electron chi connectivity index (χ2n) is 5.00. The molecular weight excluding hydrogens is 311 g/mol. The van der Waals surface area contributed by atoms with E-state index in [0.717, 1.165) is 18.6 Å². The number of rotatable bonds is 3. The molecule has 0 fully saturated rings. The summed E-state index contributed by atoms with van der Waals surface area (Å²) in [6.45, 7) is 2.43. The number of aliphatic imine (C=N–C) groups is 1. The van der Waals surface area contributed by atoms with Crippen LogP contribution >= 0.6 is 0 Å². The second kappa shape index (κ2) is 6.72. The maximum absolute atomic E-state index is 12.7. The first kappa shape index (κ1) is 16.9. The molecule has 0 saturated carbocycles. The molecule has 0 atom stereocenters. The number of allylic oxidation sites excluding steroid dienone is 1. The van der Waals surface area contributed by atoms with E-state index in [1.165, 1.54) is 19.1 Å². The molecule has 3 N–H and O–H groups in total. The number of nitrogens with zero attached hydrogens (tertiary/aromatic N) is 1. The summed E-state index contributed by atoms with van der Waals surface area (Å²) >= 11 is 0. The van der Waals surface area contributed by atoms with E-state index >= 15 is 0 Å². The SMILES string of the molecule is C/C(O)=C(/C(=O)Nc1cccc(C(F)(F)F)c1)C1=NCCCN1. The fourth-order valence-electron chi connectivity index (χ4n) is 2.11. The van der Waals surface area contributed by atoms with E-state index < -0.39 is 17.6 Å². The van der Waals surface area contributed by atoms with Gasteiger partial charge in [0.1, 0.15) is 17.2 Å². The summed E-state index contributed by atoms with van der Waals surface area (Å²) in [5, 5.41) is 15.0. The lowest BCUT2D eigenvalue weighted by Crippen LogP contribution is -2.36. The Hall–Kier alpha value is -2.51. The monoisotopic (exact) mass is 327 g/mol. The molecule has 124 valence electrons. The van der Waals surface area contributed by atoms with Gasteiger partial charge in [-0.15, -0.1) is 0 Å². The minimum atomic E-state index is -4.50. The molecule has 1 amide bonds. The number of nitrogens with one attached hydrogen (secondary N) is 2. The Balaban J connectivity index is 2.23. The topological polar surface area (TPSA) is 73.7 Å². The minimum absolute atomic E-state index is 0.0139. The largest absolute Gasteiger partial charge is 0.512 e. The minimum Gasteiger partial charge on any atom is -0.512 e. The molecule has 0 unspecified atom stereocenters. The van der Waals surface area contributed by atoms with Crippen LogP contribution in [0.5, 0.6) is 0 Å². The number of amides is 1. The molecular formula is C15H16F3N3O2. The van der Waals surface area contributed by atoms with E-state index in [1.807, 2.05) is 0 Å². The highest BCUT2D eigenvalue weighted by molar-refractivity contribution is 6.25. The number of benzene rings is 1. The molecule has 1 heterocycles. The molecule has 1 aliphatic rings. The summed E-state index contributed by atoms with van der Waals surface area (Å²) < 4.78 is 38.1. The number of hydrogen-bond donors (Lipinski definition) is 3. The highest BCUT2D eigenvalue weighted by Crippen LogP contribution is 2.30. The number of alkyl halides is 3. The molecule has 1 aromatic carbocycles. The molecule has 8 heteroatoms. The van der Waals surface area contributed by atoms with Crippen molar-refractivity contribution in [3.05, 3.63) is 41.2 Å². The Labute approximate surface area is 130 Å². The van der Waals surface area contributed by atoms with Crippen molar-refractivity contribution in [2.75, 3.05) is 18.4 Å². The maximum Gasteiger partial charge on any atom is 0.416 e. The molecule has 0 radical (unpaired) electrons. The van der Waals surface area contributed by atoms with Gasteiger partial charge in [-0.25, -0.2) is 0 Å². The Bertz CT molecular complexity index is 662. The van der Waals surface area contributed by atoms with Gasteiger partial charge in [0.05, 0.1) is 5.56 Å². The zero-order valence-corrected chi connectivity index (χ0v) is 12.4. The zero-order valence-electron chi connectivity index (χ0n) is 12.4. The molecule has 23 heavy (non-hydrogen) atoms. The maximum atomic E-state index is 12.7. The van der Waals surface area contributed by atoms with Gasteiger partial charge in [0.25, 0.3) is 5.91 Å². The van der Waals surface area contributed by atoms with Crippen LogP contribution in [0.15, 0.2) is 40.6 Å². The number of carbonyl (C=O) groups is 1. The van der Waals surface area contributed by atoms with Crippen LogP contribution in [-0.4, -0.2) is 29.9 Å². The Morgan fingerprint density at radius 3 is 2.70 bits per heavy atom. The Morgan fingerprint density at radius 1 is 1.39 bits per heavy atom. The van der Waals surface area contributed by atoms with E-state index in [4.69, 9.17) is 0 Å². The van der Waals surface area contributed by atoms with Crippen LogP contribution in [0.4, 0.5) is 18.9 Å². The van der Waals surface area contributed by atoms with Gasteiger partial charge in [0, 0.05) is 18.8 Å². The predicted octanol–water partition coefficient (Wildman–Crippen LogP) is 2.87. The summed E-state index contributed by atoms with van der Waals surface area (Å²) in [5.74, 6) is -0.749. The summed E-state index contributed by atoms with van der Waals surface area (Å²) in [6.07, 6.45) is -3.70. The van der Waals surface area contributed by atoms with Gasteiger partial charge in [-0.2, -0.15) is 13.2 Å². The standard InChI is InChI=1S/C15H16F3N3O2/c1-9(22)12(13-19-6-3-7-20-13)14(23)21-11-5-2-4-10(8-11)15(16,17)18/h2,4-5,8,22H,3,6-7H2,1H3,(H,19,20)(H,21,23)/b12-9-. The molecule has 5 nitrogen and oxygen atoms in total. The third kappa shape index (κ3) is 4.24. The molecule has 0 aliphatic carbocycles. The molecule has 2 rings (SSSR count). The van der Waals surface area contributed by atoms with Crippen molar-refractivity contribution in [2.45, 2.75) is 19.5 Å². The summed E-state index contributed by atoms with van der Waals surface area (Å²) in [4.78, 5) is 16.4. The molecule has 0 spiro atoms. The quantitative estimate of drug-likeness (QED) is 0.590. The van der Waals surface area contributed by atoms with E-state index in [-0.39, 0.29) is 22.9 Å². The van der Waals surface area contributed by atoms with Crippen molar-refractivity contribution >= 4 is 17.4 Å². The first-order valence-electron chi connectivity index (χ1n) is 6.96. The van der Waals surface area contributed by atoms with E-state index in [0.29, 0.717) is 13.1 Å². The molecule has 0 aromatic heterocycles. The fraction of sp³-hybridized carbons (Fsp3) is 0.333. The van der Waals surface area contributed by atoms with Gasteiger partial charge in [-0.3, -0.25) is 9.79 Å². The zero-order chi connectivity index (χ0) is 17.0. The fourth-order valence-corrected chi connectivity index (χ4v) is 2.11. The molecule has 1 aromatic rings. The van der Waals surface area contributed by atoms with Gasteiger partial charge < -0.3 is 15.7 Å². The van der Waals surface area contributed by atoms with E-state index in [9.17, 15) is 23.1 Å². The van der Waals surface area contributed by atoms with Crippen LogP contribution in [0, 0.1) is 0 Å². The van der Waals surface area contributed by atoms with Crippen LogP contribution < -0.4 is 10.6 Å². The second-order valence-corrected chi connectivity index (χ2v) is 5.00. The third-order valence-electron chi connectivity index (χ3n) is 3.17. The van der Waals surface area contributed by atoms with E-state index in [2.05, 4.69) is 15.6 Å². The smallest absolute Gasteiger partial charge is 0.416 e. The van der Waals surface area contributed by atoms with Crippen LogP contribution in [-0.2, 0) is 11.0 Å². The Morgan fingerprint density at radius 2 is 2.13 bits per heavy atom. The van der Waals surface area contributed by atoms with Crippen LogP contribution in [0.3, 0.4) is 0 Å². The summed E-state index contributed by atoms with van der Waals surface area (Å²) in [7, 11) is 0. The number of aliphatic hydroxyl groups excluding tert-OH is 1. The normalized spacial score (nSPS) is 16.1. The Kier molecular flexibility index (Phi) is 4.92. The highest BCUT2D eigenvalue weighted by Gasteiger charge is 2.30. The molecule has 0 saturated heterocycles. The number of carbonyl (C=O) groups excluding carboxylic acids is 1. The number of halogens is 3. The van der Waals surface area contributed by atoms with Crippen molar-refractivity contribution in [3.8, 4) is 0 Å². The number of amidine groups is 1. The summed E-state index contributed by atoms with van der Waals surface area (Å²) in [5.41, 5.74) is -0.961. The lowest BCUT2D eigenvalue weighted by atomic mass is 10.1. The van der Waals surface area contributed by atoms with Crippen molar-refractivity contribution in [2.24, 2.45) is 4.99 Å². The predicted molar refractivity (Wildman–Crippen MR) is 80.3 cm³/mol. The van der Waals surface area contributed by atoms with Gasteiger partial charge in [-0.05, 0) is 31.5 Å². The van der Waals surface area contributed by atoms with Crippen molar-refractivity contribution in [1.29, 1.82) is 0 Å². The number of hydrogen-bond acceptors (Lipinski definition) is 4. The number of aliphatic hydroxyl groups is 1. The van der Waals surface area contributed by atoms with Gasteiger partial charge in [0.2, 0.25) is 0 Å². The lowest BCUT2D eigenvalue weighted by molar-refractivity contribution is -0.137. The van der Waals surface area contributed by atoms with Crippen LogP contribution in [0.1, 0.15) is 18.9 Å². The summed E-state index contributed by atoms with van der Waals surface area (Å²) in [6, 6.07) is 4.28.